The van der Waals surface area contributed by atoms with E-state index in [1.54, 1.807) is 0 Å². The van der Waals surface area contributed by atoms with Crippen LogP contribution in [0.1, 0.15) is 41.0 Å². The first-order valence-corrected chi connectivity index (χ1v) is 7.06. The Morgan fingerprint density at radius 1 is 1.00 bits per heavy atom. The van der Waals surface area contributed by atoms with Gasteiger partial charge in [0.25, 0.3) is 0 Å². The van der Waals surface area contributed by atoms with Crippen LogP contribution >= 0.6 is 0 Å². The first-order chi connectivity index (χ1) is 7.99. The molecule has 0 aliphatic heterocycles. The molecule has 3 nitrogen and oxygen atoms in total. The predicted molar refractivity (Wildman–Crippen MR) is 75.3 cm³/mol. The van der Waals surface area contributed by atoms with E-state index in [4.69, 9.17) is 0 Å². The second-order valence-electron chi connectivity index (χ2n) is 5.84. The van der Waals surface area contributed by atoms with Crippen LogP contribution in [0.15, 0.2) is 0 Å². The molecule has 0 aliphatic rings. The first kappa shape index (κ1) is 16.9. The summed E-state index contributed by atoms with van der Waals surface area (Å²) < 4.78 is 0. The summed E-state index contributed by atoms with van der Waals surface area (Å²) in [6.45, 7) is 15.6. The molecule has 0 bridgehead atoms. The number of aliphatic hydroxyl groups excluding tert-OH is 1. The maximum absolute atomic E-state index is 9.38. The zero-order valence-corrected chi connectivity index (χ0v) is 12.4. The lowest BCUT2D eigenvalue weighted by molar-refractivity contribution is 0.159. The van der Waals surface area contributed by atoms with E-state index in [-0.39, 0.29) is 12.6 Å². The standard InChI is InChI=1S/C14H32N2O/c1-6-7-15-14(11-17)10-16(8-12(2)3)9-13(4)5/h12-15,17H,6-11H2,1-5H3. The van der Waals surface area contributed by atoms with Crippen molar-refractivity contribution in [3.63, 3.8) is 0 Å². The Kier molecular flexibility index (Phi) is 9.79. The van der Waals surface area contributed by atoms with Crippen LogP contribution in [0.25, 0.3) is 0 Å². The van der Waals surface area contributed by atoms with E-state index < -0.39 is 0 Å². The largest absolute Gasteiger partial charge is 0.395 e. The van der Waals surface area contributed by atoms with E-state index in [1.165, 1.54) is 0 Å². The molecule has 0 aromatic rings. The molecule has 0 aliphatic carbocycles. The highest BCUT2D eigenvalue weighted by Crippen LogP contribution is 2.05. The van der Waals surface area contributed by atoms with Gasteiger partial charge in [-0.3, -0.25) is 0 Å². The van der Waals surface area contributed by atoms with Crippen molar-refractivity contribution in [2.75, 3.05) is 32.8 Å². The maximum atomic E-state index is 9.38. The average Bonchev–Trinajstić information content (AvgIpc) is 2.22. The molecule has 0 radical (unpaired) electrons. The molecule has 17 heavy (non-hydrogen) atoms. The van der Waals surface area contributed by atoms with E-state index >= 15 is 0 Å². The fourth-order valence-corrected chi connectivity index (χ4v) is 2.10. The van der Waals surface area contributed by atoms with Gasteiger partial charge in [0.2, 0.25) is 0 Å². The van der Waals surface area contributed by atoms with Gasteiger partial charge in [-0.05, 0) is 24.8 Å². The second-order valence-corrected chi connectivity index (χ2v) is 5.84. The summed E-state index contributed by atoms with van der Waals surface area (Å²) in [5.74, 6) is 1.36. The van der Waals surface area contributed by atoms with Crippen molar-refractivity contribution in [3.8, 4) is 0 Å². The highest BCUT2D eigenvalue weighted by Gasteiger charge is 2.14. The number of rotatable bonds is 10. The van der Waals surface area contributed by atoms with Gasteiger partial charge in [-0.15, -0.1) is 0 Å². The topological polar surface area (TPSA) is 35.5 Å². The predicted octanol–water partition coefficient (Wildman–Crippen LogP) is 1.96. The van der Waals surface area contributed by atoms with E-state index in [0.717, 1.165) is 32.6 Å². The molecule has 2 N–H and O–H groups in total. The number of aliphatic hydroxyl groups is 1. The van der Waals surface area contributed by atoms with Gasteiger partial charge in [-0.2, -0.15) is 0 Å². The molecule has 1 unspecified atom stereocenters. The molecule has 0 aromatic carbocycles. The van der Waals surface area contributed by atoms with Crippen LogP contribution in [0.4, 0.5) is 0 Å². The van der Waals surface area contributed by atoms with Crippen LogP contribution < -0.4 is 5.32 Å². The van der Waals surface area contributed by atoms with Crippen molar-refractivity contribution in [3.05, 3.63) is 0 Å². The van der Waals surface area contributed by atoms with Crippen molar-refractivity contribution >= 4 is 0 Å². The van der Waals surface area contributed by atoms with E-state index in [0.29, 0.717) is 11.8 Å². The Labute approximate surface area is 108 Å². The van der Waals surface area contributed by atoms with Crippen LogP contribution in [-0.2, 0) is 0 Å². The van der Waals surface area contributed by atoms with Gasteiger partial charge in [0, 0.05) is 25.7 Å². The Bertz CT molecular complexity index is 162. The molecular formula is C14H32N2O. The molecule has 0 amide bonds. The number of nitrogens with one attached hydrogen (secondary N) is 1. The number of hydrogen-bond acceptors (Lipinski definition) is 3. The lowest BCUT2D eigenvalue weighted by atomic mass is 10.1. The highest BCUT2D eigenvalue weighted by molar-refractivity contribution is 4.73. The molecule has 0 rings (SSSR count). The summed E-state index contributed by atoms with van der Waals surface area (Å²) >= 11 is 0. The normalized spacial score (nSPS) is 13.9. The van der Waals surface area contributed by atoms with Crippen molar-refractivity contribution in [2.24, 2.45) is 11.8 Å². The molecule has 0 spiro atoms. The molecule has 104 valence electrons. The second kappa shape index (κ2) is 9.86. The quantitative estimate of drug-likeness (QED) is 0.617. The van der Waals surface area contributed by atoms with Gasteiger partial charge in [0.1, 0.15) is 0 Å². The Hall–Kier alpha value is -0.120. The summed E-state index contributed by atoms with van der Waals surface area (Å²) in [7, 11) is 0. The number of nitrogens with zero attached hydrogens (tertiary/aromatic N) is 1. The average molecular weight is 244 g/mol. The van der Waals surface area contributed by atoms with Crippen molar-refractivity contribution in [2.45, 2.75) is 47.1 Å². The molecule has 0 saturated carbocycles. The minimum absolute atomic E-state index is 0.215. The third kappa shape index (κ3) is 9.57. The van der Waals surface area contributed by atoms with Crippen molar-refractivity contribution in [1.29, 1.82) is 0 Å². The SMILES string of the molecule is CCCNC(CO)CN(CC(C)C)CC(C)C. The molecule has 1 atom stereocenters. The van der Waals surface area contributed by atoms with Gasteiger partial charge in [0.15, 0.2) is 0 Å². The van der Waals surface area contributed by atoms with Crippen LogP contribution in [0, 0.1) is 11.8 Å². The minimum Gasteiger partial charge on any atom is -0.395 e. The van der Waals surface area contributed by atoms with Crippen molar-refractivity contribution in [1.82, 2.24) is 10.2 Å². The van der Waals surface area contributed by atoms with E-state index in [2.05, 4.69) is 44.8 Å². The smallest absolute Gasteiger partial charge is 0.0597 e. The van der Waals surface area contributed by atoms with Crippen LogP contribution in [0.5, 0.6) is 0 Å². The Morgan fingerprint density at radius 2 is 1.53 bits per heavy atom. The fourth-order valence-electron chi connectivity index (χ4n) is 2.10. The van der Waals surface area contributed by atoms with Gasteiger partial charge in [0.05, 0.1) is 6.61 Å². The lowest BCUT2D eigenvalue weighted by Gasteiger charge is -2.30. The van der Waals surface area contributed by atoms with Gasteiger partial charge < -0.3 is 15.3 Å². The zero-order valence-electron chi connectivity index (χ0n) is 12.4. The molecule has 0 aromatic heterocycles. The molecule has 0 heterocycles. The lowest BCUT2D eigenvalue weighted by Crippen LogP contribution is -2.45. The van der Waals surface area contributed by atoms with E-state index in [9.17, 15) is 5.11 Å². The molecule has 0 fully saturated rings. The third-order valence-electron chi connectivity index (χ3n) is 2.63. The highest BCUT2D eigenvalue weighted by atomic mass is 16.3. The molecule has 0 saturated heterocycles. The molecular weight excluding hydrogens is 212 g/mol. The summed E-state index contributed by atoms with van der Waals surface area (Å²) in [4.78, 5) is 2.47. The van der Waals surface area contributed by atoms with Crippen molar-refractivity contribution < 1.29 is 5.11 Å². The zero-order chi connectivity index (χ0) is 13.3. The fraction of sp³-hybridized carbons (Fsp3) is 1.00. The third-order valence-corrected chi connectivity index (χ3v) is 2.63. The molecule has 3 heteroatoms. The van der Waals surface area contributed by atoms with Gasteiger partial charge >= 0.3 is 0 Å². The summed E-state index contributed by atoms with van der Waals surface area (Å²) in [5, 5.41) is 12.8. The minimum atomic E-state index is 0.215. The number of hydrogen-bond donors (Lipinski definition) is 2. The summed E-state index contributed by atoms with van der Waals surface area (Å²) in [5.41, 5.74) is 0. The van der Waals surface area contributed by atoms with Crippen LogP contribution in [0.3, 0.4) is 0 Å². The van der Waals surface area contributed by atoms with Crippen LogP contribution in [-0.4, -0.2) is 48.8 Å². The van der Waals surface area contributed by atoms with Gasteiger partial charge in [-0.1, -0.05) is 34.6 Å². The monoisotopic (exact) mass is 244 g/mol. The summed E-state index contributed by atoms with van der Waals surface area (Å²) in [6.07, 6.45) is 1.12. The maximum Gasteiger partial charge on any atom is 0.0597 e. The van der Waals surface area contributed by atoms with Gasteiger partial charge in [-0.25, -0.2) is 0 Å². The Balaban J connectivity index is 4.16. The van der Waals surface area contributed by atoms with E-state index in [1.807, 2.05) is 0 Å². The Morgan fingerprint density at radius 3 is 1.88 bits per heavy atom. The van der Waals surface area contributed by atoms with Crippen LogP contribution in [0.2, 0.25) is 0 Å². The first-order valence-electron chi connectivity index (χ1n) is 7.06. The summed E-state index contributed by atoms with van der Waals surface area (Å²) in [6, 6.07) is 0.215.